The molecular weight excluding hydrogens is 629 g/mol. The Hall–Kier alpha value is -1.26. The first kappa shape index (κ1) is 41.2. The maximum atomic E-state index is 12.6. The highest BCUT2D eigenvalue weighted by atomic mass is 28.4. The molecule has 1 unspecified atom stereocenters. The average molecular weight is 701 g/mol. The van der Waals surface area contributed by atoms with Crippen molar-refractivity contribution < 1.29 is 23.1 Å². The summed E-state index contributed by atoms with van der Waals surface area (Å²) < 4.78 is 27.1. The van der Waals surface area contributed by atoms with Gasteiger partial charge in [0, 0.05) is 19.3 Å². The molecule has 5 nitrogen and oxygen atoms in total. The molecule has 0 aromatic rings. The monoisotopic (exact) mass is 700 g/mol. The summed E-state index contributed by atoms with van der Waals surface area (Å²) in [7, 11) is -4.45. The molecule has 0 bridgehead atoms. The Morgan fingerprint density at radius 2 is 1.62 bits per heavy atom. The molecule has 0 aliphatic heterocycles. The van der Waals surface area contributed by atoms with Gasteiger partial charge in [-0.2, -0.15) is 0 Å². The van der Waals surface area contributed by atoms with E-state index in [1.807, 2.05) is 20.8 Å². The molecule has 3 aliphatic rings. The van der Waals surface area contributed by atoms with Crippen LogP contribution in [0.1, 0.15) is 134 Å². The van der Waals surface area contributed by atoms with Crippen molar-refractivity contribution in [3.05, 3.63) is 47.1 Å². The minimum atomic E-state index is -2.29. The van der Waals surface area contributed by atoms with Gasteiger partial charge in [-0.25, -0.2) is 0 Å². The number of carbonyl (C=O) groups excluding carboxylic acids is 1. The van der Waals surface area contributed by atoms with E-state index in [4.69, 9.17) is 24.9 Å². The molecule has 3 rings (SSSR count). The quantitative estimate of drug-likeness (QED) is 0.0706. The second-order valence-corrected chi connectivity index (χ2v) is 28.6. The molecule has 0 aromatic heterocycles. The molecule has 3 aliphatic carbocycles. The molecule has 0 spiro atoms. The number of hydrogen-bond donors (Lipinski definition) is 0. The van der Waals surface area contributed by atoms with Gasteiger partial charge in [-0.3, -0.25) is 4.79 Å². The lowest BCUT2D eigenvalue weighted by molar-refractivity contribution is -0.209. The van der Waals surface area contributed by atoms with Crippen LogP contribution >= 0.6 is 0 Å². The lowest BCUT2D eigenvalue weighted by Crippen LogP contribution is -2.56. The van der Waals surface area contributed by atoms with Crippen LogP contribution in [0.4, 0.5) is 0 Å². The summed E-state index contributed by atoms with van der Waals surface area (Å²) in [5.74, 6) is -0.492. The van der Waals surface area contributed by atoms with Crippen LogP contribution in [-0.2, 0) is 23.1 Å². The van der Waals surface area contributed by atoms with Crippen molar-refractivity contribution >= 4 is 22.6 Å². The van der Waals surface area contributed by atoms with Crippen molar-refractivity contribution in [2.45, 2.75) is 188 Å². The molecule has 0 heterocycles. The Bertz CT molecular complexity index is 1270. The number of rotatable bonds is 11. The topological polar surface area (TPSA) is 54.0 Å². The Kier molecular flexibility index (Phi) is 12.7. The molecule has 0 saturated heterocycles. The normalized spacial score (nSPS) is 29.3. The van der Waals surface area contributed by atoms with Gasteiger partial charge in [0.1, 0.15) is 5.60 Å². The lowest BCUT2D eigenvalue weighted by atomic mass is 9.64. The van der Waals surface area contributed by atoms with E-state index in [9.17, 15) is 4.79 Å². The van der Waals surface area contributed by atoms with E-state index in [2.05, 4.69) is 99.8 Å². The van der Waals surface area contributed by atoms with Gasteiger partial charge in [0.25, 0.3) is 0 Å². The molecule has 2 saturated carbocycles. The second-order valence-electron chi connectivity index (χ2n) is 19.2. The standard InChI is InChI=1S/C41H72O5Si2/c1-17-33-24-25-34-31(20-18-26-40(33,34)12)22-23-32-28-41(46-48(15,16)39(9,10)11,43-27-19-21-36(42)44-37(3,4)5)29-35(30(32)2)45-47(13,14)38(6,7)8/h22-24,34-35H,2,17-21,25-29H2,1,3-16H3/t34-,35?,40+,41-/m0/s1. The summed E-state index contributed by atoms with van der Waals surface area (Å²) >= 11 is 0. The van der Waals surface area contributed by atoms with Gasteiger partial charge in [-0.05, 0) is 118 Å². The molecule has 0 radical (unpaired) electrons. The van der Waals surface area contributed by atoms with Crippen LogP contribution in [-0.4, -0.2) is 46.7 Å². The molecule has 0 N–H and O–H groups in total. The Balaban J connectivity index is 2.04. The minimum absolute atomic E-state index is 0.00498. The molecule has 2 fully saturated rings. The van der Waals surface area contributed by atoms with Crippen molar-refractivity contribution in [1.29, 1.82) is 0 Å². The van der Waals surface area contributed by atoms with Crippen molar-refractivity contribution in [3.8, 4) is 0 Å². The maximum absolute atomic E-state index is 12.6. The van der Waals surface area contributed by atoms with Gasteiger partial charge >= 0.3 is 5.97 Å². The van der Waals surface area contributed by atoms with E-state index in [1.54, 1.807) is 11.1 Å². The zero-order chi connectivity index (χ0) is 36.6. The summed E-state index contributed by atoms with van der Waals surface area (Å²) in [4.78, 5) is 12.6. The first-order valence-corrected chi connectivity index (χ1v) is 24.6. The smallest absolute Gasteiger partial charge is 0.306 e. The fraction of sp³-hybridized carbons (Fsp3) is 0.780. The van der Waals surface area contributed by atoms with Crippen LogP contribution in [0.3, 0.4) is 0 Å². The first-order valence-electron chi connectivity index (χ1n) is 18.8. The van der Waals surface area contributed by atoms with Gasteiger partial charge < -0.3 is 18.3 Å². The SMILES string of the molecule is C=C1C(=CC=C2CCC[C@]3(C)C(CC)=CC[C@@H]23)C[C@](OCCCC(=O)OC(C)(C)C)(O[Si](C)(C)C(C)(C)C)CC1O[Si](C)(C)C(C)(C)C. The molecule has 48 heavy (non-hydrogen) atoms. The van der Waals surface area contributed by atoms with Crippen LogP contribution in [0.5, 0.6) is 0 Å². The fourth-order valence-corrected chi connectivity index (χ4v) is 10.0. The van der Waals surface area contributed by atoms with Crippen LogP contribution < -0.4 is 0 Å². The molecule has 0 amide bonds. The third-order valence-corrected chi connectivity index (χ3v) is 21.1. The van der Waals surface area contributed by atoms with E-state index in [-0.39, 0.29) is 27.6 Å². The number of hydrogen-bond acceptors (Lipinski definition) is 5. The zero-order valence-electron chi connectivity index (χ0n) is 33.7. The number of esters is 1. The highest BCUT2D eigenvalue weighted by Gasteiger charge is 2.52. The average Bonchev–Trinajstić information content (AvgIpc) is 3.26. The number of allylic oxidation sites excluding steroid dienone is 5. The van der Waals surface area contributed by atoms with Crippen molar-refractivity contribution in [2.75, 3.05) is 6.61 Å². The third kappa shape index (κ3) is 9.74. The molecule has 0 aromatic carbocycles. The third-order valence-electron chi connectivity index (χ3n) is 12.1. The van der Waals surface area contributed by atoms with Gasteiger partial charge in [0.2, 0.25) is 0 Å². The first-order chi connectivity index (χ1) is 21.8. The second kappa shape index (κ2) is 14.8. The predicted octanol–water partition coefficient (Wildman–Crippen LogP) is 12.0. The van der Waals surface area contributed by atoms with Crippen molar-refractivity contribution in [3.63, 3.8) is 0 Å². The highest BCUT2D eigenvalue weighted by molar-refractivity contribution is 6.74. The summed E-state index contributed by atoms with van der Waals surface area (Å²) in [5.41, 5.74) is 5.20. The van der Waals surface area contributed by atoms with Crippen LogP contribution in [0.15, 0.2) is 47.1 Å². The van der Waals surface area contributed by atoms with Crippen LogP contribution in [0.25, 0.3) is 0 Å². The molecule has 4 atom stereocenters. The van der Waals surface area contributed by atoms with Crippen LogP contribution in [0.2, 0.25) is 36.3 Å². The van der Waals surface area contributed by atoms with Crippen molar-refractivity contribution in [1.82, 2.24) is 0 Å². The summed E-state index contributed by atoms with van der Waals surface area (Å²) in [6, 6.07) is 0. The van der Waals surface area contributed by atoms with Gasteiger partial charge in [0.15, 0.2) is 22.4 Å². The lowest BCUT2D eigenvalue weighted by Gasteiger charge is -2.51. The Morgan fingerprint density at radius 3 is 2.19 bits per heavy atom. The van der Waals surface area contributed by atoms with Crippen molar-refractivity contribution in [2.24, 2.45) is 11.3 Å². The van der Waals surface area contributed by atoms with E-state index < -0.39 is 28.0 Å². The molecular formula is C41H72O5Si2. The van der Waals surface area contributed by atoms with E-state index in [1.165, 1.54) is 12.8 Å². The van der Waals surface area contributed by atoms with E-state index >= 15 is 0 Å². The Labute approximate surface area is 297 Å². The summed E-state index contributed by atoms with van der Waals surface area (Å²) in [5, 5.41) is 0.0434. The Morgan fingerprint density at radius 1 is 1.00 bits per heavy atom. The molecule has 7 heteroatoms. The van der Waals surface area contributed by atoms with Crippen LogP contribution in [0, 0.1) is 11.3 Å². The summed E-state index contributed by atoms with van der Waals surface area (Å²) in [6.45, 7) is 38.6. The largest absolute Gasteiger partial charge is 0.460 e. The van der Waals surface area contributed by atoms with Gasteiger partial charge in [-0.1, -0.05) is 91.3 Å². The summed E-state index contributed by atoms with van der Waals surface area (Å²) in [6.07, 6.45) is 15.1. The minimum Gasteiger partial charge on any atom is -0.460 e. The zero-order valence-corrected chi connectivity index (χ0v) is 35.7. The highest BCUT2D eigenvalue weighted by Crippen LogP contribution is 2.56. The molecule has 274 valence electrons. The number of carbonyl (C=O) groups is 1. The van der Waals surface area contributed by atoms with E-state index in [0.29, 0.717) is 38.2 Å². The predicted molar refractivity (Wildman–Crippen MR) is 207 cm³/mol. The maximum Gasteiger partial charge on any atom is 0.306 e. The van der Waals surface area contributed by atoms with Gasteiger partial charge in [-0.15, -0.1) is 0 Å². The fourth-order valence-electron chi connectivity index (χ4n) is 7.26. The van der Waals surface area contributed by atoms with E-state index in [0.717, 1.165) is 30.4 Å². The van der Waals surface area contributed by atoms with Gasteiger partial charge in [0.05, 0.1) is 12.7 Å². The number of ether oxygens (including phenoxy) is 2. The number of fused-ring (bicyclic) bond motifs is 1.